The van der Waals surface area contributed by atoms with Crippen LogP contribution in [0.3, 0.4) is 0 Å². The van der Waals surface area contributed by atoms with Gasteiger partial charge in [-0.05, 0) is 49.3 Å². The van der Waals surface area contributed by atoms with Crippen molar-refractivity contribution in [1.29, 1.82) is 0 Å². The molecule has 2 saturated heterocycles. The number of aryl methyl sites for hydroxylation is 1. The molecule has 0 N–H and O–H groups in total. The molecule has 0 saturated carbocycles. The minimum Gasteiger partial charge on any atom is -0.381 e. The zero-order chi connectivity index (χ0) is 14.1. The van der Waals surface area contributed by atoms with Crippen LogP contribution in [-0.4, -0.2) is 48.3 Å². The van der Waals surface area contributed by atoms with E-state index in [4.69, 9.17) is 9.47 Å². The van der Waals surface area contributed by atoms with E-state index in [0.717, 1.165) is 32.6 Å². The quantitative estimate of drug-likeness (QED) is 0.855. The van der Waals surface area contributed by atoms with Gasteiger partial charge in [0.25, 0.3) is 0 Å². The SMILES string of the molecule is c1cc2c(cn1)CCC2O[C@@H]1CCN(C2CCOCC2)C1. The maximum absolute atomic E-state index is 6.42. The lowest BCUT2D eigenvalue weighted by molar-refractivity contribution is -0.0143. The molecule has 1 aliphatic carbocycles. The van der Waals surface area contributed by atoms with Gasteiger partial charge in [-0.15, -0.1) is 0 Å². The van der Waals surface area contributed by atoms with Gasteiger partial charge in [-0.2, -0.15) is 0 Å². The molecule has 21 heavy (non-hydrogen) atoms. The Bertz CT molecular complexity index is 487. The first-order valence-electron chi connectivity index (χ1n) is 8.30. The van der Waals surface area contributed by atoms with Gasteiger partial charge in [0, 0.05) is 44.7 Å². The molecule has 114 valence electrons. The number of aromatic nitrogens is 1. The molecule has 2 atom stereocenters. The van der Waals surface area contributed by atoms with E-state index < -0.39 is 0 Å². The number of rotatable bonds is 3. The van der Waals surface area contributed by atoms with Crippen molar-refractivity contribution in [2.75, 3.05) is 26.3 Å². The zero-order valence-electron chi connectivity index (χ0n) is 12.5. The number of pyridine rings is 1. The second-order valence-corrected chi connectivity index (χ2v) is 6.49. The standard InChI is InChI=1S/C17H24N2O2/c1-2-17(16-3-7-18-11-13(1)16)21-15-4-8-19(12-15)14-5-9-20-10-6-14/h3,7,11,14-15,17H,1-2,4-6,8-10,12H2/t15-,17?/m1/s1. The van der Waals surface area contributed by atoms with Crippen molar-refractivity contribution in [3.05, 3.63) is 29.6 Å². The highest BCUT2D eigenvalue weighted by Crippen LogP contribution is 2.35. The lowest BCUT2D eigenvalue weighted by Crippen LogP contribution is -2.38. The first-order valence-corrected chi connectivity index (χ1v) is 8.30. The summed E-state index contributed by atoms with van der Waals surface area (Å²) in [5.74, 6) is 0. The third-order valence-electron chi connectivity index (χ3n) is 5.20. The minimum absolute atomic E-state index is 0.294. The summed E-state index contributed by atoms with van der Waals surface area (Å²) < 4.78 is 11.9. The third-order valence-corrected chi connectivity index (χ3v) is 5.20. The Balaban J connectivity index is 1.35. The van der Waals surface area contributed by atoms with Crippen LogP contribution in [0, 0.1) is 0 Å². The molecule has 4 nitrogen and oxygen atoms in total. The Morgan fingerprint density at radius 2 is 2.10 bits per heavy atom. The topological polar surface area (TPSA) is 34.6 Å². The molecule has 0 aromatic carbocycles. The Morgan fingerprint density at radius 3 is 3.00 bits per heavy atom. The average molecular weight is 288 g/mol. The second-order valence-electron chi connectivity index (χ2n) is 6.49. The average Bonchev–Trinajstić information content (AvgIpc) is 3.17. The summed E-state index contributed by atoms with van der Waals surface area (Å²) in [6.45, 7) is 4.14. The number of hydrogen-bond donors (Lipinski definition) is 0. The van der Waals surface area contributed by atoms with E-state index >= 15 is 0 Å². The van der Waals surface area contributed by atoms with E-state index in [9.17, 15) is 0 Å². The van der Waals surface area contributed by atoms with Gasteiger partial charge in [0.05, 0.1) is 12.2 Å². The Labute approximate surface area is 126 Å². The van der Waals surface area contributed by atoms with Crippen LogP contribution in [-0.2, 0) is 15.9 Å². The smallest absolute Gasteiger partial charge is 0.0836 e. The highest BCUT2D eigenvalue weighted by molar-refractivity contribution is 5.30. The van der Waals surface area contributed by atoms with Crippen LogP contribution in [0.1, 0.15) is 42.9 Å². The predicted molar refractivity (Wildman–Crippen MR) is 80.2 cm³/mol. The lowest BCUT2D eigenvalue weighted by atomic mass is 10.1. The van der Waals surface area contributed by atoms with Crippen molar-refractivity contribution in [3.8, 4) is 0 Å². The zero-order valence-corrected chi connectivity index (χ0v) is 12.5. The lowest BCUT2D eigenvalue weighted by Gasteiger charge is -2.31. The molecule has 2 fully saturated rings. The molecule has 1 aromatic rings. The highest BCUT2D eigenvalue weighted by atomic mass is 16.5. The molecular formula is C17H24N2O2. The normalized spacial score (nSPS) is 30.7. The largest absolute Gasteiger partial charge is 0.381 e. The van der Waals surface area contributed by atoms with Crippen LogP contribution >= 0.6 is 0 Å². The van der Waals surface area contributed by atoms with Crippen LogP contribution < -0.4 is 0 Å². The fourth-order valence-electron chi connectivity index (χ4n) is 4.02. The second kappa shape index (κ2) is 6.03. The third kappa shape index (κ3) is 2.85. The molecule has 0 radical (unpaired) electrons. The van der Waals surface area contributed by atoms with E-state index in [1.807, 2.05) is 12.4 Å². The van der Waals surface area contributed by atoms with E-state index in [1.54, 1.807) is 0 Å². The van der Waals surface area contributed by atoms with Gasteiger partial charge < -0.3 is 9.47 Å². The van der Waals surface area contributed by atoms with Gasteiger partial charge in [0.1, 0.15) is 0 Å². The molecule has 4 rings (SSSR count). The first-order chi connectivity index (χ1) is 10.4. The van der Waals surface area contributed by atoms with Crippen LogP contribution in [0.15, 0.2) is 18.5 Å². The van der Waals surface area contributed by atoms with Crippen LogP contribution in [0.4, 0.5) is 0 Å². The van der Waals surface area contributed by atoms with E-state index in [1.165, 1.54) is 36.9 Å². The number of nitrogens with zero attached hydrogens (tertiary/aromatic N) is 2. The molecule has 3 aliphatic rings. The van der Waals surface area contributed by atoms with Gasteiger partial charge in [0.2, 0.25) is 0 Å². The summed E-state index contributed by atoms with van der Waals surface area (Å²) in [5.41, 5.74) is 2.75. The van der Waals surface area contributed by atoms with Gasteiger partial charge in [-0.1, -0.05) is 0 Å². The van der Waals surface area contributed by atoms with E-state index in [2.05, 4.69) is 16.0 Å². The van der Waals surface area contributed by atoms with Crippen molar-refractivity contribution in [2.45, 2.75) is 50.4 Å². The minimum atomic E-state index is 0.294. The first kappa shape index (κ1) is 13.7. The Morgan fingerprint density at radius 1 is 1.19 bits per heavy atom. The molecule has 1 unspecified atom stereocenters. The number of ether oxygens (including phenoxy) is 2. The number of likely N-dealkylation sites (tertiary alicyclic amines) is 1. The van der Waals surface area contributed by atoms with Crippen molar-refractivity contribution in [1.82, 2.24) is 9.88 Å². The molecular weight excluding hydrogens is 264 g/mol. The molecule has 2 aliphatic heterocycles. The van der Waals surface area contributed by atoms with Crippen LogP contribution in [0.5, 0.6) is 0 Å². The Hall–Kier alpha value is -0.970. The van der Waals surface area contributed by atoms with Gasteiger partial charge in [-0.25, -0.2) is 0 Å². The van der Waals surface area contributed by atoms with Crippen molar-refractivity contribution >= 4 is 0 Å². The van der Waals surface area contributed by atoms with Gasteiger partial charge >= 0.3 is 0 Å². The van der Waals surface area contributed by atoms with Crippen molar-refractivity contribution in [2.24, 2.45) is 0 Å². The fourth-order valence-corrected chi connectivity index (χ4v) is 4.02. The van der Waals surface area contributed by atoms with Crippen LogP contribution in [0.2, 0.25) is 0 Å². The molecule has 0 amide bonds. The summed E-state index contributed by atoms with van der Waals surface area (Å²) in [7, 11) is 0. The summed E-state index contributed by atoms with van der Waals surface area (Å²) in [6, 6.07) is 2.85. The molecule has 1 aromatic heterocycles. The Kier molecular flexibility index (Phi) is 3.93. The number of fused-ring (bicyclic) bond motifs is 1. The monoisotopic (exact) mass is 288 g/mol. The maximum Gasteiger partial charge on any atom is 0.0836 e. The molecule has 3 heterocycles. The predicted octanol–water partition coefficient (Wildman–Crippen LogP) is 2.34. The maximum atomic E-state index is 6.42. The number of hydrogen-bond acceptors (Lipinski definition) is 4. The summed E-state index contributed by atoms with van der Waals surface area (Å²) >= 11 is 0. The van der Waals surface area contributed by atoms with Crippen LogP contribution in [0.25, 0.3) is 0 Å². The summed E-state index contributed by atoms with van der Waals surface area (Å²) in [6.07, 6.45) is 10.4. The fraction of sp³-hybridized carbons (Fsp3) is 0.706. The molecule has 0 bridgehead atoms. The van der Waals surface area contributed by atoms with E-state index in [0.29, 0.717) is 18.2 Å². The van der Waals surface area contributed by atoms with Gasteiger partial charge in [0.15, 0.2) is 0 Å². The summed E-state index contributed by atoms with van der Waals surface area (Å²) in [4.78, 5) is 6.84. The molecule has 0 spiro atoms. The van der Waals surface area contributed by atoms with Gasteiger partial charge in [-0.3, -0.25) is 9.88 Å². The van der Waals surface area contributed by atoms with E-state index in [-0.39, 0.29) is 0 Å². The van der Waals surface area contributed by atoms with Crippen molar-refractivity contribution < 1.29 is 9.47 Å². The summed E-state index contributed by atoms with van der Waals surface area (Å²) in [5, 5.41) is 0. The molecule has 4 heteroatoms. The van der Waals surface area contributed by atoms with Crippen molar-refractivity contribution in [3.63, 3.8) is 0 Å². The highest BCUT2D eigenvalue weighted by Gasteiger charge is 2.33.